The lowest BCUT2D eigenvalue weighted by Gasteiger charge is -2.27. The predicted octanol–water partition coefficient (Wildman–Crippen LogP) is 2.88. The first-order chi connectivity index (χ1) is 14.4. The van der Waals surface area contributed by atoms with Gasteiger partial charge in [0, 0.05) is 16.8 Å². The number of allylic oxidation sites excluding steroid dienone is 1. The number of amides is 1. The number of ether oxygens (including phenoxy) is 2. The van der Waals surface area contributed by atoms with E-state index in [1.54, 1.807) is 50.4 Å². The van der Waals surface area contributed by atoms with Crippen molar-refractivity contribution in [2.24, 2.45) is 5.73 Å². The molecular formula is C21H20FN5O3. The first-order valence-electron chi connectivity index (χ1n) is 9.15. The molecule has 1 aliphatic rings. The molecule has 0 aliphatic carbocycles. The second-order valence-electron chi connectivity index (χ2n) is 6.73. The van der Waals surface area contributed by atoms with E-state index in [0.717, 1.165) is 0 Å². The fourth-order valence-electron chi connectivity index (χ4n) is 3.55. The highest BCUT2D eigenvalue weighted by Crippen LogP contribution is 2.38. The highest BCUT2D eigenvalue weighted by Gasteiger charge is 2.34. The van der Waals surface area contributed by atoms with Crippen LogP contribution in [0.5, 0.6) is 11.5 Å². The van der Waals surface area contributed by atoms with Crippen LogP contribution < -0.4 is 20.5 Å². The van der Waals surface area contributed by atoms with Crippen molar-refractivity contribution in [3.8, 4) is 22.9 Å². The topological polar surface area (TPSA) is 104 Å². The Labute approximate surface area is 172 Å². The molecule has 2 heterocycles. The Morgan fingerprint density at radius 2 is 1.90 bits per heavy atom. The van der Waals surface area contributed by atoms with Crippen molar-refractivity contribution in [2.45, 2.75) is 13.0 Å². The summed E-state index contributed by atoms with van der Waals surface area (Å²) >= 11 is 0. The summed E-state index contributed by atoms with van der Waals surface area (Å²) in [7, 11) is 3.09. The number of anilines is 1. The zero-order chi connectivity index (χ0) is 21.4. The number of carbonyl (C=O) groups is 1. The third-order valence-corrected chi connectivity index (χ3v) is 4.96. The van der Waals surface area contributed by atoms with Crippen molar-refractivity contribution in [1.29, 1.82) is 0 Å². The Morgan fingerprint density at radius 1 is 1.17 bits per heavy atom. The van der Waals surface area contributed by atoms with E-state index in [4.69, 9.17) is 15.2 Å². The SMILES string of the molecule is COc1ccc(-c2nc3n(n2)C(c2ccccc2F)C(C(N)=O)=C(C)N3)cc1OC. The molecule has 1 unspecified atom stereocenters. The fourth-order valence-corrected chi connectivity index (χ4v) is 3.55. The molecule has 1 atom stereocenters. The monoisotopic (exact) mass is 409 g/mol. The molecule has 30 heavy (non-hydrogen) atoms. The Kier molecular flexibility index (Phi) is 4.86. The third kappa shape index (κ3) is 3.14. The van der Waals surface area contributed by atoms with Crippen LogP contribution in [-0.2, 0) is 4.79 Å². The highest BCUT2D eigenvalue weighted by atomic mass is 19.1. The summed E-state index contributed by atoms with van der Waals surface area (Å²) in [4.78, 5) is 16.7. The Hall–Kier alpha value is -3.88. The molecule has 0 bridgehead atoms. The van der Waals surface area contributed by atoms with Gasteiger partial charge >= 0.3 is 0 Å². The maximum atomic E-state index is 14.7. The molecule has 0 saturated carbocycles. The third-order valence-electron chi connectivity index (χ3n) is 4.96. The smallest absolute Gasteiger partial charge is 0.248 e. The summed E-state index contributed by atoms with van der Waals surface area (Å²) in [5, 5.41) is 7.60. The van der Waals surface area contributed by atoms with Crippen LogP contribution in [0.3, 0.4) is 0 Å². The molecule has 9 heteroatoms. The average molecular weight is 409 g/mol. The second-order valence-corrected chi connectivity index (χ2v) is 6.73. The highest BCUT2D eigenvalue weighted by molar-refractivity contribution is 5.95. The lowest BCUT2D eigenvalue weighted by atomic mass is 9.95. The summed E-state index contributed by atoms with van der Waals surface area (Å²) < 4.78 is 26.7. The molecule has 0 saturated heterocycles. The van der Waals surface area contributed by atoms with E-state index < -0.39 is 17.8 Å². The molecule has 154 valence electrons. The molecule has 1 aliphatic heterocycles. The van der Waals surface area contributed by atoms with Crippen molar-refractivity contribution in [1.82, 2.24) is 14.8 Å². The minimum absolute atomic E-state index is 0.219. The van der Waals surface area contributed by atoms with Crippen molar-refractivity contribution >= 4 is 11.9 Å². The first-order valence-corrected chi connectivity index (χ1v) is 9.15. The standard InChI is InChI=1S/C21H20FN5O3/c1-11-17(19(23)28)18(13-6-4-5-7-14(13)22)27-21(24-11)25-20(26-27)12-8-9-15(29-2)16(10-12)30-3/h4-10,18H,1-3H3,(H2,23,28)(H,24,25,26). The Balaban J connectivity index is 1.87. The quantitative estimate of drug-likeness (QED) is 0.672. The van der Waals surface area contributed by atoms with Crippen LogP contribution in [0.2, 0.25) is 0 Å². The maximum Gasteiger partial charge on any atom is 0.248 e. The van der Waals surface area contributed by atoms with Crippen molar-refractivity contribution < 1.29 is 18.7 Å². The summed E-state index contributed by atoms with van der Waals surface area (Å²) in [5.74, 6) is 0.704. The van der Waals surface area contributed by atoms with Crippen LogP contribution in [-0.4, -0.2) is 34.9 Å². The molecule has 4 rings (SSSR count). The number of nitrogens with zero attached hydrogens (tertiary/aromatic N) is 3. The van der Waals surface area contributed by atoms with E-state index in [-0.39, 0.29) is 11.1 Å². The molecule has 3 N–H and O–H groups in total. The largest absolute Gasteiger partial charge is 0.493 e. The molecule has 8 nitrogen and oxygen atoms in total. The summed E-state index contributed by atoms with van der Waals surface area (Å²) in [6, 6.07) is 10.6. The molecule has 0 spiro atoms. The van der Waals surface area contributed by atoms with E-state index in [1.165, 1.54) is 17.9 Å². The number of hydrogen-bond acceptors (Lipinski definition) is 6. The van der Waals surface area contributed by atoms with Gasteiger partial charge in [-0.15, -0.1) is 5.10 Å². The lowest BCUT2D eigenvalue weighted by Crippen LogP contribution is -2.32. The lowest BCUT2D eigenvalue weighted by molar-refractivity contribution is -0.115. The van der Waals surface area contributed by atoms with Crippen LogP contribution in [0.1, 0.15) is 18.5 Å². The number of halogens is 1. The summed E-state index contributed by atoms with van der Waals surface area (Å²) in [5.41, 5.74) is 7.29. The normalized spacial score (nSPS) is 15.4. The van der Waals surface area contributed by atoms with Crippen molar-refractivity contribution in [2.75, 3.05) is 19.5 Å². The zero-order valence-electron chi connectivity index (χ0n) is 16.6. The number of aromatic nitrogens is 3. The molecule has 1 amide bonds. The number of nitrogens with two attached hydrogens (primary N) is 1. The maximum absolute atomic E-state index is 14.7. The number of nitrogens with one attached hydrogen (secondary N) is 1. The number of methoxy groups -OCH3 is 2. The summed E-state index contributed by atoms with van der Waals surface area (Å²) in [6.07, 6.45) is 0. The second kappa shape index (κ2) is 7.51. The van der Waals surface area contributed by atoms with Crippen molar-refractivity contribution in [3.05, 3.63) is 65.1 Å². The van der Waals surface area contributed by atoms with E-state index in [2.05, 4.69) is 15.4 Å². The minimum Gasteiger partial charge on any atom is -0.493 e. The molecule has 2 aromatic carbocycles. The van der Waals surface area contributed by atoms with Gasteiger partial charge in [-0.2, -0.15) is 4.98 Å². The van der Waals surface area contributed by atoms with Gasteiger partial charge in [0.25, 0.3) is 0 Å². The van der Waals surface area contributed by atoms with Gasteiger partial charge in [0.15, 0.2) is 17.3 Å². The van der Waals surface area contributed by atoms with Gasteiger partial charge in [-0.1, -0.05) is 18.2 Å². The van der Waals surface area contributed by atoms with E-state index in [9.17, 15) is 9.18 Å². The number of carbonyl (C=O) groups excluding carboxylic acids is 1. The van der Waals surface area contributed by atoms with Crippen LogP contribution in [0, 0.1) is 5.82 Å². The van der Waals surface area contributed by atoms with Gasteiger partial charge in [-0.25, -0.2) is 9.07 Å². The van der Waals surface area contributed by atoms with Gasteiger partial charge in [0.2, 0.25) is 11.9 Å². The van der Waals surface area contributed by atoms with Crippen LogP contribution in [0.4, 0.5) is 10.3 Å². The number of hydrogen-bond donors (Lipinski definition) is 2. The molecule has 0 fully saturated rings. The van der Waals surface area contributed by atoms with Gasteiger partial charge < -0.3 is 20.5 Å². The number of primary amides is 1. The Morgan fingerprint density at radius 3 is 2.57 bits per heavy atom. The van der Waals surface area contributed by atoms with E-state index >= 15 is 0 Å². The fraction of sp³-hybridized carbons (Fsp3) is 0.190. The van der Waals surface area contributed by atoms with Gasteiger partial charge in [-0.3, -0.25) is 4.79 Å². The van der Waals surface area contributed by atoms with Crippen LogP contribution in [0.15, 0.2) is 53.7 Å². The first kappa shape index (κ1) is 19.4. The van der Waals surface area contributed by atoms with Gasteiger partial charge in [0.1, 0.15) is 11.9 Å². The van der Waals surface area contributed by atoms with E-state index in [1.807, 2.05) is 0 Å². The van der Waals surface area contributed by atoms with Crippen LogP contribution in [0.25, 0.3) is 11.4 Å². The number of fused-ring (bicyclic) bond motifs is 1. The van der Waals surface area contributed by atoms with Gasteiger partial charge in [-0.05, 0) is 31.2 Å². The van der Waals surface area contributed by atoms with Gasteiger partial charge in [0.05, 0.1) is 19.8 Å². The summed E-state index contributed by atoms with van der Waals surface area (Å²) in [6.45, 7) is 1.70. The molecule has 1 aromatic heterocycles. The van der Waals surface area contributed by atoms with Crippen molar-refractivity contribution in [3.63, 3.8) is 0 Å². The Bertz CT molecular complexity index is 1170. The minimum atomic E-state index is -0.846. The molecule has 3 aromatic rings. The number of rotatable bonds is 5. The van der Waals surface area contributed by atoms with E-state index in [0.29, 0.717) is 34.5 Å². The average Bonchev–Trinajstić information content (AvgIpc) is 3.16. The number of benzene rings is 2. The zero-order valence-corrected chi connectivity index (χ0v) is 16.6. The predicted molar refractivity (Wildman–Crippen MR) is 109 cm³/mol. The molecular weight excluding hydrogens is 389 g/mol. The van der Waals surface area contributed by atoms with Crippen LogP contribution >= 0.6 is 0 Å². The molecule has 0 radical (unpaired) electrons.